The molecule has 0 aliphatic carbocycles. The Bertz CT molecular complexity index is 560. The van der Waals surface area contributed by atoms with E-state index in [-0.39, 0.29) is 0 Å². The highest BCUT2D eigenvalue weighted by Crippen LogP contribution is 2.29. The summed E-state index contributed by atoms with van der Waals surface area (Å²) in [5, 5.41) is 0. The lowest BCUT2D eigenvalue weighted by molar-refractivity contribution is 1.59. The number of hydrogen-bond donors (Lipinski definition) is 0. The molecule has 0 saturated carbocycles. The highest BCUT2D eigenvalue weighted by atomic mass is 14.1. The second-order valence-electron chi connectivity index (χ2n) is 4.03. The van der Waals surface area contributed by atoms with Gasteiger partial charge in [-0.2, -0.15) is 0 Å². The van der Waals surface area contributed by atoms with E-state index in [0.717, 1.165) is 22.3 Å². The van der Waals surface area contributed by atoms with E-state index in [0.29, 0.717) is 0 Å². The number of rotatable bonds is 4. The lowest BCUT2D eigenvalue weighted by atomic mass is 9.93. The van der Waals surface area contributed by atoms with Gasteiger partial charge in [-0.1, -0.05) is 86.0 Å². The topological polar surface area (TPSA) is 0 Å². The summed E-state index contributed by atoms with van der Waals surface area (Å²) in [6, 6.07) is 20.5. The van der Waals surface area contributed by atoms with Crippen LogP contribution in [0.25, 0.3) is 11.1 Å². The molecule has 0 heteroatoms. The number of benzene rings is 2. The first-order chi connectivity index (χ1) is 8.83. The molecule has 0 nitrogen and oxygen atoms in total. The molecule has 0 radical (unpaired) electrons. The van der Waals surface area contributed by atoms with E-state index in [9.17, 15) is 0 Å². The van der Waals surface area contributed by atoms with Crippen molar-refractivity contribution in [2.24, 2.45) is 0 Å². The summed E-state index contributed by atoms with van der Waals surface area (Å²) in [7, 11) is 0. The van der Waals surface area contributed by atoms with Gasteiger partial charge in [-0.05, 0) is 22.3 Å². The molecule has 0 fully saturated rings. The van der Waals surface area contributed by atoms with Gasteiger partial charge in [0.05, 0.1) is 0 Å². The molecule has 0 amide bonds. The van der Waals surface area contributed by atoms with Crippen LogP contribution in [-0.2, 0) is 0 Å². The molecular weight excluding hydrogens is 216 g/mol. The summed E-state index contributed by atoms with van der Waals surface area (Å²) < 4.78 is 0. The van der Waals surface area contributed by atoms with Gasteiger partial charge in [-0.3, -0.25) is 0 Å². The molecule has 0 aromatic heterocycles. The Morgan fingerprint density at radius 1 is 0.778 bits per heavy atom. The normalized spacial score (nSPS) is 11.0. The van der Waals surface area contributed by atoms with Crippen molar-refractivity contribution in [3.8, 4) is 0 Å². The third-order valence-electron chi connectivity index (χ3n) is 2.82. The summed E-state index contributed by atoms with van der Waals surface area (Å²) in [6.07, 6.45) is 3.81. The van der Waals surface area contributed by atoms with E-state index in [4.69, 9.17) is 0 Å². The Kier molecular flexibility index (Phi) is 3.93. The molecule has 0 aliphatic rings. The van der Waals surface area contributed by atoms with Gasteiger partial charge in [0.25, 0.3) is 0 Å². The van der Waals surface area contributed by atoms with Crippen molar-refractivity contribution in [3.63, 3.8) is 0 Å². The van der Waals surface area contributed by atoms with Gasteiger partial charge in [0.2, 0.25) is 0 Å². The summed E-state index contributed by atoms with van der Waals surface area (Å²) in [5.41, 5.74) is 4.42. The van der Waals surface area contributed by atoms with E-state index in [2.05, 4.69) is 37.4 Å². The molecule has 2 rings (SSSR count). The molecular formula is C18H16. The maximum absolute atomic E-state index is 4.20. The maximum atomic E-state index is 4.20. The predicted octanol–water partition coefficient (Wildman–Crippen LogP) is 4.97. The molecule has 0 bridgehead atoms. The Balaban J connectivity index is 2.42. The lowest BCUT2D eigenvalue weighted by Gasteiger charge is -2.11. The second kappa shape index (κ2) is 5.83. The number of hydrogen-bond acceptors (Lipinski definition) is 0. The van der Waals surface area contributed by atoms with Crippen LogP contribution in [0.4, 0.5) is 0 Å². The Hall–Kier alpha value is -2.34. The first kappa shape index (κ1) is 12.1. The van der Waals surface area contributed by atoms with Crippen molar-refractivity contribution in [2.75, 3.05) is 0 Å². The Morgan fingerprint density at radius 2 is 1.28 bits per heavy atom. The fourth-order valence-corrected chi connectivity index (χ4v) is 1.90. The molecule has 2 aromatic rings. The average Bonchev–Trinajstić information content (AvgIpc) is 2.46. The summed E-state index contributed by atoms with van der Waals surface area (Å²) >= 11 is 0. The van der Waals surface area contributed by atoms with Gasteiger partial charge in [-0.25, -0.2) is 0 Å². The Morgan fingerprint density at radius 3 is 1.78 bits per heavy atom. The smallest absolute Gasteiger partial charge is 0.0112 e. The molecule has 18 heavy (non-hydrogen) atoms. The van der Waals surface area contributed by atoms with Gasteiger partial charge in [-0.15, -0.1) is 0 Å². The van der Waals surface area contributed by atoms with Crippen molar-refractivity contribution in [2.45, 2.75) is 0 Å². The minimum atomic E-state index is 1.02. The summed E-state index contributed by atoms with van der Waals surface area (Å²) in [4.78, 5) is 0. The number of allylic oxidation sites excluding steroid dienone is 4. The molecule has 0 spiro atoms. The molecule has 88 valence electrons. The first-order valence-electron chi connectivity index (χ1n) is 5.96. The van der Waals surface area contributed by atoms with Gasteiger partial charge < -0.3 is 0 Å². The highest BCUT2D eigenvalue weighted by molar-refractivity contribution is 6.04. The molecule has 2 aromatic carbocycles. The molecule has 0 N–H and O–H groups in total. The van der Waals surface area contributed by atoms with Crippen LogP contribution in [0.1, 0.15) is 11.1 Å². The monoisotopic (exact) mass is 232 g/mol. The van der Waals surface area contributed by atoms with E-state index >= 15 is 0 Å². The van der Waals surface area contributed by atoms with E-state index in [1.54, 1.807) is 6.08 Å². The zero-order valence-electron chi connectivity index (χ0n) is 10.3. The maximum Gasteiger partial charge on any atom is -0.0112 e. The average molecular weight is 232 g/mol. The van der Waals surface area contributed by atoms with Crippen LogP contribution >= 0.6 is 0 Å². The molecule has 0 aliphatic heterocycles. The van der Waals surface area contributed by atoms with Gasteiger partial charge >= 0.3 is 0 Å². The van der Waals surface area contributed by atoms with Crippen LogP contribution in [0.5, 0.6) is 0 Å². The summed E-state index contributed by atoms with van der Waals surface area (Å²) in [5.74, 6) is 0. The van der Waals surface area contributed by atoms with Gasteiger partial charge in [0.1, 0.15) is 0 Å². The largest absolute Gasteiger partial charge is 0.0990 e. The molecule has 0 saturated heterocycles. The Labute approximate surface area is 109 Å². The van der Waals surface area contributed by atoms with Crippen molar-refractivity contribution >= 4 is 11.1 Å². The fourth-order valence-electron chi connectivity index (χ4n) is 1.90. The molecule has 0 heterocycles. The van der Waals surface area contributed by atoms with Gasteiger partial charge in [0, 0.05) is 0 Å². The fraction of sp³-hybridized carbons (Fsp3) is 0. The van der Waals surface area contributed by atoms with E-state index in [1.165, 1.54) is 0 Å². The lowest BCUT2D eigenvalue weighted by Crippen LogP contribution is -1.88. The standard InChI is InChI=1S/C18H16/c1-3-10-18(17-13-8-5-9-14-17)15(2)16-11-6-4-7-12-16/h3-14H,1-2H2/b18-10+. The third kappa shape index (κ3) is 2.67. The van der Waals surface area contributed by atoms with Crippen LogP contribution in [0.2, 0.25) is 0 Å². The van der Waals surface area contributed by atoms with Crippen molar-refractivity contribution in [1.82, 2.24) is 0 Å². The zero-order chi connectivity index (χ0) is 12.8. The van der Waals surface area contributed by atoms with Crippen molar-refractivity contribution in [1.29, 1.82) is 0 Å². The molecule has 0 unspecified atom stereocenters. The quantitative estimate of drug-likeness (QED) is 0.653. The van der Waals surface area contributed by atoms with Crippen LogP contribution < -0.4 is 0 Å². The van der Waals surface area contributed by atoms with Crippen LogP contribution in [0.15, 0.2) is 86.0 Å². The second-order valence-corrected chi connectivity index (χ2v) is 4.03. The first-order valence-corrected chi connectivity index (χ1v) is 5.96. The van der Waals surface area contributed by atoms with Crippen molar-refractivity contribution in [3.05, 3.63) is 97.1 Å². The third-order valence-corrected chi connectivity index (χ3v) is 2.82. The van der Waals surface area contributed by atoms with Crippen LogP contribution in [-0.4, -0.2) is 0 Å². The SMILES string of the molecule is C=C/C=C(\C(=C)c1ccccc1)c1ccccc1. The zero-order valence-corrected chi connectivity index (χ0v) is 10.3. The minimum Gasteiger partial charge on any atom is -0.0990 e. The van der Waals surface area contributed by atoms with E-state index in [1.807, 2.05) is 42.5 Å². The van der Waals surface area contributed by atoms with E-state index < -0.39 is 0 Å². The molecule has 0 atom stereocenters. The summed E-state index contributed by atoms with van der Waals surface area (Å²) in [6.45, 7) is 7.99. The van der Waals surface area contributed by atoms with Crippen LogP contribution in [0.3, 0.4) is 0 Å². The van der Waals surface area contributed by atoms with Crippen molar-refractivity contribution < 1.29 is 0 Å². The highest BCUT2D eigenvalue weighted by Gasteiger charge is 2.06. The predicted molar refractivity (Wildman–Crippen MR) is 80.1 cm³/mol. The minimum absolute atomic E-state index is 1.02. The van der Waals surface area contributed by atoms with Crippen LogP contribution in [0, 0.1) is 0 Å². The van der Waals surface area contributed by atoms with Gasteiger partial charge in [0.15, 0.2) is 0 Å².